The molecule has 0 aromatic heterocycles. The van der Waals surface area contributed by atoms with Gasteiger partial charge in [0.15, 0.2) is 11.5 Å². The Morgan fingerprint density at radius 2 is 2.00 bits per heavy atom. The van der Waals surface area contributed by atoms with Crippen molar-refractivity contribution in [1.29, 1.82) is 0 Å². The molecule has 21 heavy (non-hydrogen) atoms. The van der Waals surface area contributed by atoms with Crippen LogP contribution in [0.15, 0.2) is 40.9 Å². The van der Waals surface area contributed by atoms with Gasteiger partial charge in [0.1, 0.15) is 19.0 Å². The van der Waals surface area contributed by atoms with Crippen molar-refractivity contribution in [3.63, 3.8) is 0 Å². The number of amides is 1. The van der Waals surface area contributed by atoms with Crippen LogP contribution in [-0.4, -0.2) is 19.1 Å². The molecular formula is C15H11BrFNO3. The lowest BCUT2D eigenvalue weighted by Gasteiger charge is -2.20. The zero-order valence-electron chi connectivity index (χ0n) is 10.9. The predicted molar refractivity (Wildman–Crippen MR) is 79.5 cm³/mol. The van der Waals surface area contributed by atoms with Crippen LogP contribution >= 0.6 is 15.9 Å². The van der Waals surface area contributed by atoms with E-state index in [0.717, 1.165) is 0 Å². The molecule has 108 valence electrons. The Morgan fingerprint density at radius 3 is 2.81 bits per heavy atom. The molecule has 0 saturated heterocycles. The molecule has 6 heteroatoms. The molecule has 0 bridgehead atoms. The van der Waals surface area contributed by atoms with Gasteiger partial charge in [-0.15, -0.1) is 0 Å². The average molecular weight is 352 g/mol. The van der Waals surface area contributed by atoms with E-state index in [0.29, 0.717) is 40.4 Å². The highest BCUT2D eigenvalue weighted by atomic mass is 79.9. The number of carbonyl (C=O) groups excluding carboxylic acids is 1. The van der Waals surface area contributed by atoms with Crippen LogP contribution in [0, 0.1) is 5.82 Å². The van der Waals surface area contributed by atoms with Crippen LogP contribution in [0.25, 0.3) is 0 Å². The summed E-state index contributed by atoms with van der Waals surface area (Å²) in [5, 5.41) is 2.64. The van der Waals surface area contributed by atoms with Gasteiger partial charge in [-0.2, -0.15) is 0 Å². The van der Waals surface area contributed by atoms with Gasteiger partial charge in [-0.25, -0.2) is 4.39 Å². The van der Waals surface area contributed by atoms with Crippen molar-refractivity contribution in [2.24, 2.45) is 0 Å². The zero-order chi connectivity index (χ0) is 14.8. The molecule has 0 spiro atoms. The number of ether oxygens (including phenoxy) is 2. The van der Waals surface area contributed by atoms with Crippen molar-refractivity contribution >= 4 is 27.5 Å². The molecule has 2 aromatic carbocycles. The summed E-state index contributed by atoms with van der Waals surface area (Å²) in [6, 6.07) is 9.48. The molecule has 1 aliphatic heterocycles. The quantitative estimate of drug-likeness (QED) is 0.898. The van der Waals surface area contributed by atoms with E-state index in [2.05, 4.69) is 21.2 Å². The van der Waals surface area contributed by atoms with E-state index in [-0.39, 0.29) is 5.91 Å². The Bertz CT molecular complexity index is 705. The number of carbonyl (C=O) groups is 1. The molecule has 0 fully saturated rings. The lowest BCUT2D eigenvalue weighted by atomic mass is 10.1. The maximum absolute atomic E-state index is 13.5. The third-order valence-corrected chi connectivity index (χ3v) is 3.63. The molecule has 0 aliphatic carbocycles. The molecule has 0 saturated carbocycles. The van der Waals surface area contributed by atoms with E-state index in [1.165, 1.54) is 12.1 Å². The number of benzene rings is 2. The monoisotopic (exact) mass is 351 g/mol. The number of fused-ring (bicyclic) bond motifs is 1. The SMILES string of the molecule is O=C(Nc1ccc(Br)c(F)c1)c1cccc2c1OCCO2. The smallest absolute Gasteiger partial charge is 0.259 e. The number of para-hydroxylation sites is 1. The minimum Gasteiger partial charge on any atom is -0.486 e. The van der Waals surface area contributed by atoms with Crippen LogP contribution in [-0.2, 0) is 0 Å². The van der Waals surface area contributed by atoms with Crippen molar-refractivity contribution in [3.8, 4) is 11.5 Å². The van der Waals surface area contributed by atoms with Gasteiger partial charge >= 0.3 is 0 Å². The summed E-state index contributed by atoms with van der Waals surface area (Å²) >= 11 is 3.07. The molecule has 3 rings (SSSR count). The maximum atomic E-state index is 13.5. The normalized spacial score (nSPS) is 12.9. The Morgan fingerprint density at radius 1 is 1.19 bits per heavy atom. The fourth-order valence-corrected chi connectivity index (χ4v) is 2.27. The van der Waals surface area contributed by atoms with E-state index in [4.69, 9.17) is 9.47 Å². The Hall–Kier alpha value is -2.08. The second kappa shape index (κ2) is 5.73. The number of hydrogen-bond acceptors (Lipinski definition) is 3. The molecule has 0 radical (unpaired) electrons. The van der Waals surface area contributed by atoms with E-state index in [1.807, 2.05) is 0 Å². The summed E-state index contributed by atoms with van der Waals surface area (Å²) in [7, 11) is 0. The molecule has 0 atom stereocenters. The van der Waals surface area contributed by atoms with Crippen LogP contribution in [0.4, 0.5) is 10.1 Å². The first-order chi connectivity index (χ1) is 10.1. The van der Waals surface area contributed by atoms with E-state index in [1.54, 1.807) is 24.3 Å². The maximum Gasteiger partial charge on any atom is 0.259 e. The Kier molecular flexibility index (Phi) is 3.79. The van der Waals surface area contributed by atoms with Crippen LogP contribution < -0.4 is 14.8 Å². The van der Waals surface area contributed by atoms with Gasteiger partial charge in [0.25, 0.3) is 5.91 Å². The van der Waals surface area contributed by atoms with E-state index < -0.39 is 5.82 Å². The molecule has 1 aliphatic rings. The highest BCUT2D eigenvalue weighted by Gasteiger charge is 2.20. The summed E-state index contributed by atoms with van der Waals surface area (Å²) in [5.41, 5.74) is 0.727. The molecule has 1 N–H and O–H groups in total. The van der Waals surface area contributed by atoms with Crippen molar-refractivity contribution in [3.05, 3.63) is 52.3 Å². The van der Waals surface area contributed by atoms with Gasteiger partial charge < -0.3 is 14.8 Å². The highest BCUT2D eigenvalue weighted by molar-refractivity contribution is 9.10. The first kappa shape index (κ1) is 13.9. The van der Waals surface area contributed by atoms with E-state index >= 15 is 0 Å². The molecule has 1 amide bonds. The first-order valence-electron chi connectivity index (χ1n) is 6.30. The highest BCUT2D eigenvalue weighted by Crippen LogP contribution is 2.34. The summed E-state index contributed by atoms with van der Waals surface area (Å²) in [6.45, 7) is 0.847. The topological polar surface area (TPSA) is 47.6 Å². The van der Waals surface area contributed by atoms with E-state index in [9.17, 15) is 9.18 Å². The molecule has 0 unspecified atom stereocenters. The second-order valence-corrected chi connectivity index (χ2v) is 5.27. The largest absolute Gasteiger partial charge is 0.486 e. The summed E-state index contributed by atoms with van der Waals surface area (Å²) in [5.74, 6) is 0.135. The second-order valence-electron chi connectivity index (χ2n) is 4.41. The Balaban J connectivity index is 1.87. The standard InChI is InChI=1S/C15H11BrFNO3/c16-11-5-4-9(8-12(11)17)18-15(19)10-2-1-3-13-14(10)21-7-6-20-13/h1-5,8H,6-7H2,(H,18,19). The fraction of sp³-hybridized carbons (Fsp3) is 0.133. The summed E-state index contributed by atoms with van der Waals surface area (Å²) in [6.07, 6.45) is 0. The van der Waals surface area contributed by atoms with Crippen LogP contribution in [0.1, 0.15) is 10.4 Å². The third-order valence-electron chi connectivity index (χ3n) is 2.99. The molecule has 4 nitrogen and oxygen atoms in total. The molecular weight excluding hydrogens is 341 g/mol. The average Bonchev–Trinajstić information content (AvgIpc) is 2.50. The van der Waals surface area contributed by atoms with Crippen LogP contribution in [0.3, 0.4) is 0 Å². The molecule has 1 heterocycles. The summed E-state index contributed by atoms with van der Waals surface area (Å²) < 4.78 is 24.7. The lowest BCUT2D eigenvalue weighted by Crippen LogP contribution is -2.20. The number of anilines is 1. The first-order valence-corrected chi connectivity index (χ1v) is 7.09. The van der Waals surface area contributed by atoms with Gasteiger partial charge in [-0.1, -0.05) is 6.07 Å². The van der Waals surface area contributed by atoms with Crippen molar-refractivity contribution < 1.29 is 18.7 Å². The number of rotatable bonds is 2. The van der Waals surface area contributed by atoms with Gasteiger partial charge in [-0.05, 0) is 46.3 Å². The van der Waals surface area contributed by atoms with Gasteiger partial charge in [0.05, 0.1) is 10.0 Å². The summed E-state index contributed by atoms with van der Waals surface area (Å²) in [4.78, 5) is 12.3. The minimum absolute atomic E-state index is 0.342. The van der Waals surface area contributed by atoms with Crippen LogP contribution in [0.5, 0.6) is 11.5 Å². The molecule has 2 aromatic rings. The van der Waals surface area contributed by atoms with Crippen molar-refractivity contribution in [1.82, 2.24) is 0 Å². The fourth-order valence-electron chi connectivity index (χ4n) is 2.02. The van der Waals surface area contributed by atoms with Crippen molar-refractivity contribution in [2.75, 3.05) is 18.5 Å². The number of hydrogen-bond donors (Lipinski definition) is 1. The minimum atomic E-state index is -0.442. The predicted octanol–water partition coefficient (Wildman–Crippen LogP) is 3.61. The van der Waals surface area contributed by atoms with Gasteiger partial charge in [0, 0.05) is 5.69 Å². The Labute approximate surface area is 129 Å². The van der Waals surface area contributed by atoms with Gasteiger partial charge in [-0.3, -0.25) is 4.79 Å². The zero-order valence-corrected chi connectivity index (χ0v) is 12.4. The number of halogens is 2. The van der Waals surface area contributed by atoms with Crippen LogP contribution in [0.2, 0.25) is 0 Å². The lowest BCUT2D eigenvalue weighted by molar-refractivity contribution is 0.101. The van der Waals surface area contributed by atoms with Gasteiger partial charge in [0.2, 0.25) is 0 Å². The number of nitrogens with one attached hydrogen (secondary N) is 1. The third kappa shape index (κ3) is 2.85. The van der Waals surface area contributed by atoms with Crippen molar-refractivity contribution in [2.45, 2.75) is 0 Å².